The summed E-state index contributed by atoms with van der Waals surface area (Å²) in [5, 5.41) is 5.65. The highest BCUT2D eigenvalue weighted by Gasteiger charge is 2.15. The second-order valence-corrected chi connectivity index (χ2v) is 13.2. The van der Waals surface area contributed by atoms with Gasteiger partial charge in [-0.2, -0.15) is 0 Å². The number of hydrogen-bond acceptors (Lipinski definition) is 3. The van der Waals surface area contributed by atoms with Gasteiger partial charge in [0.15, 0.2) is 0 Å². The molecule has 3 aromatic heterocycles. The Hall–Kier alpha value is -6.97. The average molecular weight is 662 g/mol. The van der Waals surface area contributed by atoms with E-state index in [9.17, 15) is 0 Å². The third-order valence-electron chi connectivity index (χ3n) is 10.1. The number of hydrogen-bond donors (Lipinski definition) is 0. The first-order valence-corrected chi connectivity index (χ1v) is 17.6. The van der Waals surface area contributed by atoms with Crippen molar-refractivity contribution in [3.05, 3.63) is 188 Å². The predicted octanol–water partition coefficient (Wildman–Crippen LogP) is 12.8. The molecule has 0 aliphatic carbocycles. The quantitative estimate of drug-likeness (QED) is 0.172. The summed E-state index contributed by atoms with van der Waals surface area (Å²) in [6, 6.07) is 66.2. The fraction of sp³-hybridized carbons (Fsp3) is 0. The molecule has 0 N–H and O–H groups in total. The van der Waals surface area contributed by atoms with Crippen molar-refractivity contribution in [2.24, 2.45) is 0 Å². The Labute approximate surface area is 301 Å². The molecule has 0 unspecified atom stereocenters. The van der Waals surface area contributed by atoms with Gasteiger partial charge in [-0.15, -0.1) is 0 Å². The van der Waals surface area contributed by atoms with E-state index in [-0.39, 0.29) is 0 Å². The van der Waals surface area contributed by atoms with Gasteiger partial charge in [0.25, 0.3) is 0 Å². The number of benzene rings is 7. The Kier molecular flexibility index (Phi) is 7.14. The molecule has 242 valence electrons. The molecule has 0 radical (unpaired) electrons. The number of pyridine rings is 3. The number of para-hydroxylation sites is 1. The van der Waals surface area contributed by atoms with Gasteiger partial charge in [-0.05, 0) is 40.5 Å². The first kappa shape index (κ1) is 29.9. The molecule has 3 heterocycles. The second kappa shape index (κ2) is 12.4. The molecule has 0 atom stereocenters. The van der Waals surface area contributed by atoms with Gasteiger partial charge in [0.2, 0.25) is 0 Å². The molecule has 10 rings (SSSR count). The van der Waals surface area contributed by atoms with E-state index in [1.54, 1.807) is 0 Å². The van der Waals surface area contributed by atoms with Crippen molar-refractivity contribution >= 4 is 43.5 Å². The summed E-state index contributed by atoms with van der Waals surface area (Å²) in [6.07, 6.45) is 0. The zero-order chi connectivity index (χ0) is 34.4. The highest BCUT2D eigenvalue weighted by atomic mass is 14.8. The number of fused-ring (bicyclic) bond motifs is 6. The van der Waals surface area contributed by atoms with E-state index in [1.807, 2.05) is 18.2 Å². The highest BCUT2D eigenvalue weighted by Crippen LogP contribution is 2.39. The summed E-state index contributed by atoms with van der Waals surface area (Å²) in [5.41, 5.74) is 13.7. The summed E-state index contributed by atoms with van der Waals surface area (Å²) in [7, 11) is 0. The van der Waals surface area contributed by atoms with E-state index in [0.717, 1.165) is 77.4 Å². The molecule has 0 saturated heterocycles. The molecule has 7 aromatic carbocycles. The number of rotatable bonds is 5. The monoisotopic (exact) mass is 661 g/mol. The van der Waals surface area contributed by atoms with Crippen LogP contribution in [0.2, 0.25) is 0 Å². The van der Waals surface area contributed by atoms with Gasteiger partial charge in [0.05, 0.1) is 33.6 Å². The van der Waals surface area contributed by atoms with Crippen molar-refractivity contribution in [1.29, 1.82) is 0 Å². The van der Waals surface area contributed by atoms with Crippen LogP contribution in [-0.4, -0.2) is 15.0 Å². The molecular formula is C49H31N3. The maximum absolute atomic E-state index is 5.22. The number of aromatic nitrogens is 3. The van der Waals surface area contributed by atoms with Gasteiger partial charge in [-0.25, -0.2) is 15.0 Å². The highest BCUT2D eigenvalue weighted by molar-refractivity contribution is 6.17. The first-order valence-electron chi connectivity index (χ1n) is 17.6. The summed E-state index contributed by atoms with van der Waals surface area (Å²) in [4.78, 5) is 15.5. The topological polar surface area (TPSA) is 38.7 Å². The Morgan fingerprint density at radius 3 is 1.44 bits per heavy atom. The van der Waals surface area contributed by atoms with E-state index >= 15 is 0 Å². The molecule has 0 spiro atoms. The van der Waals surface area contributed by atoms with Crippen LogP contribution in [0.1, 0.15) is 0 Å². The van der Waals surface area contributed by atoms with Crippen LogP contribution in [0.3, 0.4) is 0 Å². The van der Waals surface area contributed by atoms with Gasteiger partial charge in [0, 0.05) is 43.6 Å². The van der Waals surface area contributed by atoms with Gasteiger partial charge in [0.1, 0.15) is 0 Å². The van der Waals surface area contributed by atoms with Crippen molar-refractivity contribution in [3.8, 4) is 56.0 Å². The van der Waals surface area contributed by atoms with E-state index in [0.29, 0.717) is 0 Å². The van der Waals surface area contributed by atoms with Gasteiger partial charge < -0.3 is 0 Å². The predicted molar refractivity (Wildman–Crippen MR) is 217 cm³/mol. The Bertz CT molecular complexity index is 2920. The largest absolute Gasteiger partial charge is 0.247 e. The molecule has 0 aliphatic heterocycles. The van der Waals surface area contributed by atoms with Crippen LogP contribution in [0.25, 0.3) is 99.5 Å². The molecule has 0 bridgehead atoms. The number of nitrogens with zero attached hydrogens (tertiary/aromatic N) is 3. The molecule has 52 heavy (non-hydrogen) atoms. The second-order valence-electron chi connectivity index (χ2n) is 13.2. The van der Waals surface area contributed by atoms with Gasteiger partial charge >= 0.3 is 0 Å². The van der Waals surface area contributed by atoms with Crippen LogP contribution in [-0.2, 0) is 0 Å². The third kappa shape index (κ3) is 5.19. The van der Waals surface area contributed by atoms with Crippen LogP contribution < -0.4 is 0 Å². The summed E-state index contributed by atoms with van der Waals surface area (Å²) in [5.74, 6) is 0. The summed E-state index contributed by atoms with van der Waals surface area (Å²) >= 11 is 0. The first-order chi connectivity index (χ1) is 25.8. The molecule has 0 fully saturated rings. The van der Waals surface area contributed by atoms with Crippen molar-refractivity contribution in [2.75, 3.05) is 0 Å². The lowest BCUT2D eigenvalue weighted by Gasteiger charge is -2.15. The molecule has 3 heteroatoms. The Morgan fingerprint density at radius 2 is 0.769 bits per heavy atom. The fourth-order valence-electron chi connectivity index (χ4n) is 7.43. The maximum atomic E-state index is 5.22. The van der Waals surface area contributed by atoms with E-state index < -0.39 is 0 Å². The van der Waals surface area contributed by atoms with Crippen LogP contribution in [0.4, 0.5) is 0 Å². The van der Waals surface area contributed by atoms with E-state index in [1.165, 1.54) is 22.1 Å². The zero-order valence-corrected chi connectivity index (χ0v) is 28.2. The molecule has 3 nitrogen and oxygen atoms in total. The molecule has 0 aliphatic rings. The van der Waals surface area contributed by atoms with Gasteiger partial charge in [-0.1, -0.05) is 170 Å². The fourth-order valence-corrected chi connectivity index (χ4v) is 7.43. The zero-order valence-electron chi connectivity index (χ0n) is 28.2. The molecule has 0 saturated carbocycles. The minimum absolute atomic E-state index is 0.911. The van der Waals surface area contributed by atoms with E-state index in [4.69, 9.17) is 15.0 Å². The summed E-state index contributed by atoms with van der Waals surface area (Å²) in [6.45, 7) is 0. The third-order valence-corrected chi connectivity index (χ3v) is 10.1. The average Bonchev–Trinajstić information content (AvgIpc) is 3.23. The Morgan fingerprint density at radius 1 is 0.288 bits per heavy atom. The minimum atomic E-state index is 0.911. The van der Waals surface area contributed by atoms with Gasteiger partial charge in [-0.3, -0.25) is 0 Å². The molecular weight excluding hydrogens is 631 g/mol. The lowest BCUT2D eigenvalue weighted by molar-refractivity contribution is 1.36. The van der Waals surface area contributed by atoms with Crippen LogP contribution in [0.15, 0.2) is 188 Å². The SMILES string of the molecule is c1ccc(-c2ccc(-c3nc4ccccc4c4c(-c5ccc(-c6ccc7ccc8ccc(-c9ccccc9)nc8c7n6)cc5)cccc34)cc2)cc1. The maximum Gasteiger partial charge on any atom is 0.0972 e. The Balaban J connectivity index is 1.06. The van der Waals surface area contributed by atoms with E-state index in [2.05, 4.69) is 170 Å². The molecule has 0 amide bonds. The van der Waals surface area contributed by atoms with Crippen molar-refractivity contribution in [2.45, 2.75) is 0 Å². The van der Waals surface area contributed by atoms with Crippen molar-refractivity contribution in [1.82, 2.24) is 15.0 Å². The lowest BCUT2D eigenvalue weighted by atomic mass is 9.92. The van der Waals surface area contributed by atoms with Crippen LogP contribution in [0, 0.1) is 0 Å². The lowest BCUT2D eigenvalue weighted by Crippen LogP contribution is -1.92. The van der Waals surface area contributed by atoms with Crippen molar-refractivity contribution in [3.63, 3.8) is 0 Å². The van der Waals surface area contributed by atoms with Crippen molar-refractivity contribution < 1.29 is 0 Å². The smallest absolute Gasteiger partial charge is 0.0972 e. The summed E-state index contributed by atoms with van der Waals surface area (Å²) < 4.78 is 0. The normalized spacial score (nSPS) is 11.5. The van der Waals surface area contributed by atoms with Crippen LogP contribution >= 0.6 is 0 Å². The van der Waals surface area contributed by atoms with Crippen LogP contribution in [0.5, 0.6) is 0 Å². The standard InChI is InChI=1S/C49H31N3/c1-3-10-32(11-4-1)33-18-24-37(25-19-33)47-42-16-9-15-40(46(42)41-14-7-8-17-45(41)52-47)34-20-22-36(23-21-34)44-31-29-39-27-26-38-28-30-43(35-12-5-2-6-13-35)50-48(38)49(39)51-44/h1-31H. The molecule has 10 aromatic rings. The minimum Gasteiger partial charge on any atom is -0.247 e.